The predicted octanol–water partition coefficient (Wildman–Crippen LogP) is 15.6. The number of carbonyl (C=O) groups is 1. The number of hydrogen-bond acceptors (Lipinski definition) is 3. The Morgan fingerprint density at radius 2 is 0.759 bits per heavy atom. The summed E-state index contributed by atoms with van der Waals surface area (Å²) in [7, 11) is 0. The molecule has 0 aromatic carbocycles. The molecule has 4 nitrogen and oxygen atoms in total. The summed E-state index contributed by atoms with van der Waals surface area (Å²) in [6.45, 7) is 4.28. The zero-order valence-corrected chi connectivity index (χ0v) is 36.8. The summed E-state index contributed by atoms with van der Waals surface area (Å²) >= 11 is 0. The number of aliphatic hydroxyl groups is 2. The Morgan fingerprint density at radius 3 is 1.11 bits per heavy atom. The zero-order chi connectivity index (χ0) is 39.3. The van der Waals surface area contributed by atoms with Gasteiger partial charge in [-0.2, -0.15) is 0 Å². The van der Waals surface area contributed by atoms with Crippen molar-refractivity contribution >= 4 is 5.91 Å². The van der Waals surface area contributed by atoms with Gasteiger partial charge in [-0.25, -0.2) is 0 Å². The van der Waals surface area contributed by atoms with Crippen LogP contribution in [0.2, 0.25) is 0 Å². The standard InChI is InChI=1S/C50H97NO3/c1-3-5-7-9-10-11-12-13-14-15-16-17-18-19-20-21-22-23-24-25-26-27-28-29-30-31-32-33-34-35-36-37-38-39-40-42-44-46-50(54)51-48(47-52)49(53)45-43-41-8-6-4-2/h12-13,15-16,48-49,52-53H,3-11,14,17-47H2,1-2H3,(H,51,54)/b13-12-,16-15-. The number of nitrogens with one attached hydrogen (secondary N) is 1. The van der Waals surface area contributed by atoms with Crippen molar-refractivity contribution in [3.8, 4) is 0 Å². The van der Waals surface area contributed by atoms with Crippen molar-refractivity contribution in [1.29, 1.82) is 0 Å². The quantitative estimate of drug-likeness (QED) is 0.0428. The second-order valence-corrected chi connectivity index (χ2v) is 16.9. The summed E-state index contributed by atoms with van der Waals surface area (Å²) in [5.41, 5.74) is 0. The first-order chi connectivity index (χ1) is 26.7. The fraction of sp³-hybridized carbons (Fsp3) is 0.900. The molecule has 0 bridgehead atoms. The van der Waals surface area contributed by atoms with Gasteiger partial charge >= 0.3 is 0 Å². The first-order valence-corrected chi connectivity index (χ1v) is 24.5. The number of allylic oxidation sites excluding steroid dienone is 4. The molecular weight excluding hydrogens is 663 g/mol. The highest BCUT2D eigenvalue weighted by Gasteiger charge is 2.20. The van der Waals surface area contributed by atoms with Gasteiger partial charge in [-0.3, -0.25) is 4.79 Å². The maximum atomic E-state index is 12.3. The Kier molecular flexibility index (Phi) is 45.3. The largest absolute Gasteiger partial charge is 0.394 e. The Hall–Kier alpha value is -1.13. The van der Waals surface area contributed by atoms with E-state index >= 15 is 0 Å². The third-order valence-corrected chi connectivity index (χ3v) is 11.5. The molecule has 54 heavy (non-hydrogen) atoms. The van der Waals surface area contributed by atoms with E-state index in [-0.39, 0.29) is 12.5 Å². The molecule has 0 fully saturated rings. The lowest BCUT2D eigenvalue weighted by atomic mass is 10.0. The molecule has 0 aromatic rings. The van der Waals surface area contributed by atoms with Crippen molar-refractivity contribution in [2.45, 2.75) is 283 Å². The highest BCUT2D eigenvalue weighted by atomic mass is 16.3. The maximum absolute atomic E-state index is 12.3. The fourth-order valence-electron chi connectivity index (χ4n) is 7.69. The summed E-state index contributed by atoms with van der Waals surface area (Å²) in [5.74, 6) is -0.0341. The second kappa shape index (κ2) is 46.3. The molecule has 0 heterocycles. The molecule has 3 N–H and O–H groups in total. The molecule has 0 aliphatic rings. The minimum Gasteiger partial charge on any atom is -0.394 e. The van der Waals surface area contributed by atoms with Gasteiger partial charge in [0.05, 0.1) is 18.8 Å². The molecule has 0 aromatic heterocycles. The molecule has 2 atom stereocenters. The number of unbranched alkanes of at least 4 members (excludes halogenated alkanes) is 34. The minimum atomic E-state index is -0.651. The van der Waals surface area contributed by atoms with E-state index in [0.29, 0.717) is 12.8 Å². The Balaban J connectivity index is 3.29. The topological polar surface area (TPSA) is 69.6 Å². The first-order valence-electron chi connectivity index (χ1n) is 24.5. The molecule has 0 saturated carbocycles. The van der Waals surface area contributed by atoms with Crippen LogP contribution in [0.5, 0.6) is 0 Å². The smallest absolute Gasteiger partial charge is 0.220 e. The lowest BCUT2D eigenvalue weighted by Crippen LogP contribution is -2.45. The maximum Gasteiger partial charge on any atom is 0.220 e. The lowest BCUT2D eigenvalue weighted by Gasteiger charge is -2.22. The highest BCUT2D eigenvalue weighted by Crippen LogP contribution is 2.17. The Morgan fingerprint density at radius 1 is 0.444 bits per heavy atom. The molecule has 0 aliphatic heterocycles. The SMILES string of the molecule is CCCCCCC/C=C\C/C=C\CCCCCCCCCCCCCCCCCCCCCCCCCCCC(=O)NC(CO)C(O)CCCCCCC. The van der Waals surface area contributed by atoms with Crippen molar-refractivity contribution < 1.29 is 15.0 Å². The molecule has 0 rings (SSSR count). The lowest BCUT2D eigenvalue weighted by molar-refractivity contribution is -0.123. The molecule has 0 saturated heterocycles. The minimum absolute atomic E-state index is 0.0341. The van der Waals surface area contributed by atoms with E-state index in [1.807, 2.05) is 0 Å². The van der Waals surface area contributed by atoms with Crippen molar-refractivity contribution in [3.63, 3.8) is 0 Å². The summed E-state index contributed by atoms with van der Waals surface area (Å²) in [6, 6.07) is -0.528. The van der Waals surface area contributed by atoms with Crippen LogP contribution in [0.15, 0.2) is 24.3 Å². The molecule has 0 spiro atoms. The molecule has 2 unspecified atom stereocenters. The fourth-order valence-corrected chi connectivity index (χ4v) is 7.69. The van der Waals surface area contributed by atoms with Gasteiger partial charge in [-0.1, -0.05) is 244 Å². The Bertz CT molecular complexity index is 780. The Labute approximate surface area is 339 Å². The van der Waals surface area contributed by atoms with Crippen molar-refractivity contribution in [2.24, 2.45) is 0 Å². The van der Waals surface area contributed by atoms with Crippen molar-refractivity contribution in [1.82, 2.24) is 5.32 Å². The van der Waals surface area contributed by atoms with Gasteiger partial charge in [0.15, 0.2) is 0 Å². The average Bonchev–Trinajstić information content (AvgIpc) is 3.18. The van der Waals surface area contributed by atoms with Crippen LogP contribution in [-0.2, 0) is 4.79 Å². The van der Waals surface area contributed by atoms with Crippen LogP contribution in [0.1, 0.15) is 271 Å². The third kappa shape index (κ3) is 42.0. The summed E-state index contributed by atoms with van der Waals surface area (Å²) in [6.07, 6.45) is 60.5. The van der Waals surface area contributed by atoms with Crippen LogP contribution in [0.3, 0.4) is 0 Å². The van der Waals surface area contributed by atoms with Gasteiger partial charge in [0.25, 0.3) is 0 Å². The van der Waals surface area contributed by atoms with E-state index < -0.39 is 12.1 Å². The van der Waals surface area contributed by atoms with E-state index in [0.717, 1.165) is 32.1 Å². The first kappa shape index (κ1) is 52.9. The molecule has 4 heteroatoms. The predicted molar refractivity (Wildman–Crippen MR) is 239 cm³/mol. The van der Waals surface area contributed by atoms with E-state index in [9.17, 15) is 15.0 Å². The number of amides is 1. The van der Waals surface area contributed by atoms with Crippen molar-refractivity contribution in [3.05, 3.63) is 24.3 Å². The summed E-state index contributed by atoms with van der Waals surface area (Å²) < 4.78 is 0. The van der Waals surface area contributed by atoms with E-state index in [2.05, 4.69) is 43.5 Å². The van der Waals surface area contributed by atoms with E-state index in [1.165, 1.54) is 212 Å². The second-order valence-electron chi connectivity index (χ2n) is 16.9. The molecular formula is C50H97NO3. The van der Waals surface area contributed by atoms with Gasteiger partial charge in [0.2, 0.25) is 5.91 Å². The van der Waals surface area contributed by atoms with Crippen molar-refractivity contribution in [2.75, 3.05) is 6.61 Å². The third-order valence-electron chi connectivity index (χ3n) is 11.5. The number of carbonyl (C=O) groups excluding carboxylic acids is 1. The van der Waals surface area contributed by atoms with E-state index in [4.69, 9.17) is 0 Å². The summed E-state index contributed by atoms with van der Waals surface area (Å²) in [4.78, 5) is 12.3. The molecule has 0 aliphatic carbocycles. The van der Waals surface area contributed by atoms with Gasteiger partial charge in [-0.15, -0.1) is 0 Å². The number of hydrogen-bond donors (Lipinski definition) is 3. The number of rotatable bonds is 45. The zero-order valence-electron chi connectivity index (χ0n) is 36.8. The normalized spacial score (nSPS) is 13.0. The highest BCUT2D eigenvalue weighted by molar-refractivity contribution is 5.76. The monoisotopic (exact) mass is 760 g/mol. The van der Waals surface area contributed by atoms with Crippen LogP contribution in [0.4, 0.5) is 0 Å². The van der Waals surface area contributed by atoms with Crippen LogP contribution >= 0.6 is 0 Å². The van der Waals surface area contributed by atoms with Crippen LogP contribution in [0, 0.1) is 0 Å². The van der Waals surface area contributed by atoms with Gasteiger partial charge in [0.1, 0.15) is 0 Å². The molecule has 0 radical (unpaired) electrons. The van der Waals surface area contributed by atoms with E-state index in [1.54, 1.807) is 0 Å². The number of aliphatic hydroxyl groups excluding tert-OH is 2. The van der Waals surface area contributed by atoms with Crippen LogP contribution in [0.25, 0.3) is 0 Å². The van der Waals surface area contributed by atoms with Crippen LogP contribution < -0.4 is 5.32 Å². The van der Waals surface area contributed by atoms with Gasteiger partial charge in [-0.05, 0) is 44.9 Å². The molecule has 1 amide bonds. The van der Waals surface area contributed by atoms with Gasteiger partial charge in [0, 0.05) is 6.42 Å². The molecule has 320 valence electrons. The average molecular weight is 760 g/mol. The summed E-state index contributed by atoms with van der Waals surface area (Å²) in [5, 5.41) is 22.8. The van der Waals surface area contributed by atoms with Crippen LogP contribution in [-0.4, -0.2) is 34.9 Å². The van der Waals surface area contributed by atoms with Gasteiger partial charge < -0.3 is 15.5 Å².